The normalized spacial score (nSPS) is 16.1. The molecule has 1 aliphatic rings. The quantitative estimate of drug-likeness (QED) is 0.534. The molecular formula is C22H21N7O. The van der Waals surface area contributed by atoms with E-state index in [0.717, 1.165) is 40.8 Å². The van der Waals surface area contributed by atoms with E-state index in [2.05, 4.69) is 35.4 Å². The van der Waals surface area contributed by atoms with Crippen LogP contribution in [0.3, 0.4) is 0 Å². The molecule has 5 rings (SSSR count). The van der Waals surface area contributed by atoms with Crippen LogP contribution in [0.2, 0.25) is 0 Å². The largest absolute Gasteiger partial charge is 0.351 e. The fourth-order valence-electron chi connectivity index (χ4n) is 3.82. The lowest BCUT2D eigenvalue weighted by atomic mass is 10.1. The van der Waals surface area contributed by atoms with Gasteiger partial charge in [0.2, 0.25) is 11.9 Å². The first-order chi connectivity index (χ1) is 14.8. The molecule has 0 aliphatic carbocycles. The highest BCUT2D eigenvalue weighted by molar-refractivity contribution is 5.87. The van der Waals surface area contributed by atoms with Crippen molar-refractivity contribution in [3.63, 3.8) is 0 Å². The van der Waals surface area contributed by atoms with E-state index in [0.29, 0.717) is 12.5 Å². The van der Waals surface area contributed by atoms with E-state index in [1.807, 2.05) is 42.5 Å². The molecule has 2 N–H and O–H groups in total. The highest BCUT2D eigenvalue weighted by Crippen LogP contribution is 2.21. The molecule has 0 saturated carbocycles. The Morgan fingerprint density at radius 2 is 2.10 bits per heavy atom. The van der Waals surface area contributed by atoms with Gasteiger partial charge in [-0.2, -0.15) is 5.10 Å². The van der Waals surface area contributed by atoms with Crippen LogP contribution in [-0.4, -0.2) is 50.2 Å². The number of anilines is 1. The highest BCUT2D eigenvalue weighted by Gasteiger charge is 2.26. The fourth-order valence-corrected chi connectivity index (χ4v) is 3.82. The molecule has 8 heteroatoms. The summed E-state index contributed by atoms with van der Waals surface area (Å²) in [6.45, 7) is 1.49. The smallest absolute Gasteiger partial charge is 0.226 e. The Hall–Kier alpha value is -3.81. The average Bonchev–Trinajstić information content (AvgIpc) is 3.42. The zero-order valence-corrected chi connectivity index (χ0v) is 16.3. The van der Waals surface area contributed by atoms with E-state index in [1.165, 1.54) is 0 Å². The number of benzene rings is 1. The molecule has 0 spiro atoms. The van der Waals surface area contributed by atoms with E-state index in [9.17, 15) is 4.79 Å². The highest BCUT2D eigenvalue weighted by atomic mass is 16.1. The number of H-pyrrole nitrogens is 1. The monoisotopic (exact) mass is 399 g/mol. The second-order valence-electron chi connectivity index (χ2n) is 7.38. The summed E-state index contributed by atoms with van der Waals surface area (Å²) in [7, 11) is 0. The van der Waals surface area contributed by atoms with Crippen molar-refractivity contribution in [1.82, 2.24) is 30.5 Å². The maximum Gasteiger partial charge on any atom is 0.226 e. The van der Waals surface area contributed by atoms with Crippen molar-refractivity contribution >= 4 is 22.8 Å². The molecular weight excluding hydrogens is 378 g/mol. The molecule has 1 aromatic carbocycles. The number of hydrogen-bond donors (Lipinski definition) is 2. The number of nitrogens with one attached hydrogen (secondary N) is 2. The van der Waals surface area contributed by atoms with Gasteiger partial charge in [0.25, 0.3) is 0 Å². The van der Waals surface area contributed by atoms with E-state index in [1.54, 1.807) is 18.6 Å². The van der Waals surface area contributed by atoms with Crippen LogP contribution in [0.4, 0.5) is 5.95 Å². The number of aromatic amines is 1. The number of carbonyl (C=O) groups is 1. The second-order valence-corrected chi connectivity index (χ2v) is 7.38. The topological polar surface area (TPSA) is 99.7 Å². The summed E-state index contributed by atoms with van der Waals surface area (Å²) in [5, 5.41) is 11.4. The number of amides is 1. The van der Waals surface area contributed by atoms with Gasteiger partial charge in [-0.15, -0.1) is 0 Å². The van der Waals surface area contributed by atoms with Crippen molar-refractivity contribution in [3.8, 4) is 11.3 Å². The van der Waals surface area contributed by atoms with Gasteiger partial charge in [0.15, 0.2) is 0 Å². The van der Waals surface area contributed by atoms with E-state index in [-0.39, 0.29) is 18.4 Å². The molecule has 0 radical (unpaired) electrons. The van der Waals surface area contributed by atoms with Crippen molar-refractivity contribution in [2.75, 3.05) is 18.0 Å². The summed E-state index contributed by atoms with van der Waals surface area (Å²) in [6.07, 6.45) is 6.43. The summed E-state index contributed by atoms with van der Waals surface area (Å²) < 4.78 is 0. The van der Waals surface area contributed by atoms with Crippen LogP contribution in [0.1, 0.15) is 12.1 Å². The summed E-state index contributed by atoms with van der Waals surface area (Å²) >= 11 is 0. The second kappa shape index (κ2) is 7.90. The first-order valence-corrected chi connectivity index (χ1v) is 9.96. The van der Waals surface area contributed by atoms with Crippen LogP contribution in [0, 0.1) is 0 Å². The van der Waals surface area contributed by atoms with Crippen LogP contribution >= 0.6 is 0 Å². The molecule has 8 nitrogen and oxygen atoms in total. The standard InChI is InChI=1S/C22H21N7O/c30-21(12-20-17-5-1-2-6-19(17)27-28-20)25-16-8-11-29(14-16)22-24-10-7-18(26-22)15-4-3-9-23-13-15/h1-7,9-10,13,16H,8,11-12,14H2,(H,25,30)(H,27,28). The van der Waals surface area contributed by atoms with Gasteiger partial charge < -0.3 is 10.2 Å². The predicted octanol–water partition coefficient (Wildman–Crippen LogP) is 2.35. The molecule has 1 saturated heterocycles. The Kier molecular flexibility index (Phi) is 4.80. The number of hydrogen-bond acceptors (Lipinski definition) is 6. The third-order valence-corrected chi connectivity index (χ3v) is 5.31. The van der Waals surface area contributed by atoms with E-state index in [4.69, 9.17) is 0 Å². The van der Waals surface area contributed by atoms with Crippen LogP contribution in [-0.2, 0) is 11.2 Å². The Labute approximate surface area is 173 Å². The predicted molar refractivity (Wildman–Crippen MR) is 114 cm³/mol. The van der Waals surface area contributed by atoms with Crippen LogP contribution in [0.15, 0.2) is 61.1 Å². The molecule has 1 amide bonds. The van der Waals surface area contributed by atoms with Crippen molar-refractivity contribution in [2.45, 2.75) is 18.9 Å². The lowest BCUT2D eigenvalue weighted by Crippen LogP contribution is -2.38. The Bertz CT molecular complexity index is 1170. The minimum atomic E-state index is -0.0127. The number of nitrogens with zero attached hydrogens (tertiary/aromatic N) is 5. The molecule has 30 heavy (non-hydrogen) atoms. The third kappa shape index (κ3) is 3.71. The minimum Gasteiger partial charge on any atom is -0.351 e. The van der Waals surface area contributed by atoms with Crippen molar-refractivity contribution < 1.29 is 4.79 Å². The SMILES string of the molecule is O=C(Cc1[nH]nc2ccccc12)NC1CCN(c2nccc(-c3cccnc3)n2)C1. The lowest BCUT2D eigenvalue weighted by Gasteiger charge is -2.17. The molecule has 1 fully saturated rings. The maximum atomic E-state index is 12.6. The summed E-state index contributed by atoms with van der Waals surface area (Å²) in [5.74, 6) is 0.661. The molecule has 0 bridgehead atoms. The molecule has 1 unspecified atom stereocenters. The summed E-state index contributed by atoms with van der Waals surface area (Å²) in [6, 6.07) is 13.6. The van der Waals surface area contributed by atoms with Gasteiger partial charge in [0, 0.05) is 48.7 Å². The van der Waals surface area contributed by atoms with Gasteiger partial charge in [-0.3, -0.25) is 14.9 Å². The van der Waals surface area contributed by atoms with Gasteiger partial charge in [0.1, 0.15) is 0 Å². The van der Waals surface area contributed by atoms with Crippen molar-refractivity contribution in [1.29, 1.82) is 0 Å². The number of aromatic nitrogens is 5. The van der Waals surface area contributed by atoms with E-state index >= 15 is 0 Å². The number of fused-ring (bicyclic) bond motifs is 1. The lowest BCUT2D eigenvalue weighted by molar-refractivity contribution is -0.121. The molecule has 150 valence electrons. The third-order valence-electron chi connectivity index (χ3n) is 5.31. The first kappa shape index (κ1) is 18.2. The van der Waals surface area contributed by atoms with Crippen molar-refractivity contribution in [2.24, 2.45) is 0 Å². The van der Waals surface area contributed by atoms with Crippen molar-refractivity contribution in [3.05, 3.63) is 66.7 Å². The van der Waals surface area contributed by atoms with Gasteiger partial charge in [-0.25, -0.2) is 9.97 Å². The van der Waals surface area contributed by atoms with E-state index < -0.39 is 0 Å². The Morgan fingerprint density at radius 3 is 3.00 bits per heavy atom. The fraction of sp³-hybridized carbons (Fsp3) is 0.227. The van der Waals surface area contributed by atoms with Gasteiger partial charge in [-0.1, -0.05) is 18.2 Å². The van der Waals surface area contributed by atoms with Crippen LogP contribution < -0.4 is 10.2 Å². The Morgan fingerprint density at radius 1 is 1.17 bits per heavy atom. The molecule has 3 aromatic heterocycles. The number of rotatable bonds is 5. The Balaban J connectivity index is 1.22. The van der Waals surface area contributed by atoms with Gasteiger partial charge in [-0.05, 0) is 30.7 Å². The number of carbonyl (C=O) groups excluding carboxylic acids is 1. The van der Waals surface area contributed by atoms with Crippen LogP contribution in [0.5, 0.6) is 0 Å². The summed E-state index contributed by atoms with van der Waals surface area (Å²) in [4.78, 5) is 27.9. The van der Waals surface area contributed by atoms with Gasteiger partial charge in [0.05, 0.1) is 23.3 Å². The molecule has 1 atom stereocenters. The molecule has 4 heterocycles. The molecule has 1 aliphatic heterocycles. The first-order valence-electron chi connectivity index (χ1n) is 9.96. The average molecular weight is 399 g/mol. The maximum absolute atomic E-state index is 12.6. The van der Waals surface area contributed by atoms with Crippen LogP contribution in [0.25, 0.3) is 22.2 Å². The zero-order chi connectivity index (χ0) is 20.3. The minimum absolute atomic E-state index is 0.0127. The number of pyridine rings is 1. The molecule has 4 aromatic rings. The zero-order valence-electron chi connectivity index (χ0n) is 16.3. The number of para-hydroxylation sites is 1. The van der Waals surface area contributed by atoms with Gasteiger partial charge >= 0.3 is 0 Å². The summed E-state index contributed by atoms with van der Waals surface area (Å²) in [5.41, 5.74) is 3.51.